The zero-order valence-corrected chi connectivity index (χ0v) is 22.7. The van der Waals surface area contributed by atoms with Crippen LogP contribution in [0.5, 0.6) is 0 Å². The number of carboxylic acids is 1. The lowest BCUT2D eigenvalue weighted by Gasteiger charge is -2.27. The van der Waals surface area contributed by atoms with Gasteiger partial charge in [-0.1, -0.05) is 0 Å². The van der Waals surface area contributed by atoms with Gasteiger partial charge in [0, 0.05) is 12.5 Å². The number of nitrogens with two attached hydrogens (primary N) is 1. The van der Waals surface area contributed by atoms with E-state index in [1.54, 1.807) is 13.8 Å². The van der Waals surface area contributed by atoms with Gasteiger partial charge in [-0.15, -0.1) is 0 Å². The lowest BCUT2D eigenvalue weighted by atomic mass is 10.1. The molecule has 19 heteroatoms. The van der Waals surface area contributed by atoms with Crippen molar-refractivity contribution in [2.24, 2.45) is 5.73 Å². The van der Waals surface area contributed by atoms with Crippen molar-refractivity contribution in [2.45, 2.75) is 64.2 Å². The Bertz CT molecular complexity index is 1000. The number of rotatable bonds is 19. The van der Waals surface area contributed by atoms with Gasteiger partial charge in [0.1, 0.15) is 18.1 Å². The van der Waals surface area contributed by atoms with Gasteiger partial charge in [-0.25, -0.2) is 5.48 Å². The number of carbonyl (C=O) groups is 9. The molecule has 0 saturated heterocycles. The molecular formula is C22H36N8O11. The first-order valence-corrected chi connectivity index (χ1v) is 12.2. The maximum atomic E-state index is 12.8. The molecule has 0 aromatic carbocycles. The topological polar surface area (TPSA) is 296 Å². The second-order valence-electron chi connectivity index (χ2n) is 8.88. The molecule has 0 spiro atoms. The smallest absolute Gasteiger partial charge is 0.305 e. The fourth-order valence-electron chi connectivity index (χ4n) is 3.10. The summed E-state index contributed by atoms with van der Waals surface area (Å²) in [7, 11) is 0. The summed E-state index contributed by atoms with van der Waals surface area (Å²) in [5.74, 6) is -7.28. The van der Waals surface area contributed by atoms with Crippen LogP contribution in [-0.4, -0.2) is 113 Å². The molecule has 0 bridgehead atoms. The molecule has 230 valence electrons. The molecular weight excluding hydrogens is 552 g/mol. The molecule has 41 heavy (non-hydrogen) atoms. The van der Waals surface area contributed by atoms with Crippen LogP contribution in [0.25, 0.3) is 0 Å². The third-order valence-corrected chi connectivity index (χ3v) is 5.28. The lowest BCUT2D eigenvalue weighted by molar-refractivity contribution is -0.141. The second-order valence-corrected chi connectivity index (χ2v) is 8.88. The number of carbonyl (C=O) groups excluding carboxylic acids is 8. The Balaban J connectivity index is 5.21. The Labute approximate surface area is 234 Å². The van der Waals surface area contributed by atoms with Gasteiger partial charge in [-0.05, 0) is 27.2 Å². The first-order chi connectivity index (χ1) is 19.1. The maximum absolute atomic E-state index is 12.8. The number of hydrogen-bond donors (Lipinski definition) is 9. The van der Waals surface area contributed by atoms with E-state index in [1.807, 2.05) is 5.32 Å². The van der Waals surface area contributed by atoms with Gasteiger partial charge in [0.05, 0.1) is 26.1 Å². The third kappa shape index (κ3) is 14.8. The predicted molar refractivity (Wildman–Crippen MR) is 136 cm³/mol. The SMILES string of the molecule is CC(NC(=O)CNC(=O)CN(C(=O)CNC(=O)[C@H](CCC(N)=O)NC(=O)C(CC(=O)O)NC=O)C(C)C)C(=O)NO. The molecule has 0 aliphatic heterocycles. The number of amides is 8. The van der Waals surface area contributed by atoms with Crippen LogP contribution in [0.15, 0.2) is 0 Å². The summed E-state index contributed by atoms with van der Waals surface area (Å²) in [5, 5.41) is 28.4. The van der Waals surface area contributed by atoms with E-state index in [9.17, 15) is 43.2 Å². The van der Waals surface area contributed by atoms with Crippen molar-refractivity contribution in [2.75, 3.05) is 19.6 Å². The van der Waals surface area contributed by atoms with E-state index >= 15 is 0 Å². The first-order valence-electron chi connectivity index (χ1n) is 12.2. The molecule has 3 atom stereocenters. The van der Waals surface area contributed by atoms with Gasteiger partial charge in [-0.2, -0.15) is 0 Å². The highest BCUT2D eigenvalue weighted by Gasteiger charge is 2.28. The molecule has 2 unspecified atom stereocenters. The van der Waals surface area contributed by atoms with Crippen molar-refractivity contribution in [1.29, 1.82) is 0 Å². The Morgan fingerprint density at radius 3 is 2.00 bits per heavy atom. The van der Waals surface area contributed by atoms with Crippen molar-refractivity contribution in [3.63, 3.8) is 0 Å². The van der Waals surface area contributed by atoms with E-state index in [1.165, 1.54) is 12.4 Å². The van der Waals surface area contributed by atoms with Crippen LogP contribution in [-0.2, 0) is 43.2 Å². The van der Waals surface area contributed by atoms with Gasteiger partial charge in [-0.3, -0.25) is 48.4 Å². The number of nitrogens with zero attached hydrogens (tertiary/aromatic N) is 1. The molecule has 0 heterocycles. The van der Waals surface area contributed by atoms with Crippen LogP contribution in [0.3, 0.4) is 0 Å². The van der Waals surface area contributed by atoms with E-state index in [0.717, 1.165) is 4.90 Å². The summed E-state index contributed by atoms with van der Waals surface area (Å²) in [6, 6.07) is -4.58. The van der Waals surface area contributed by atoms with Crippen LogP contribution in [0.1, 0.15) is 40.0 Å². The minimum atomic E-state index is -1.53. The molecule has 19 nitrogen and oxygen atoms in total. The Hall–Kier alpha value is -4.81. The monoisotopic (exact) mass is 588 g/mol. The van der Waals surface area contributed by atoms with E-state index < -0.39 is 97.5 Å². The quantitative estimate of drug-likeness (QED) is 0.0390. The number of primary amides is 1. The van der Waals surface area contributed by atoms with Gasteiger partial charge >= 0.3 is 5.97 Å². The minimum absolute atomic E-state index is 0.101. The van der Waals surface area contributed by atoms with Crippen molar-refractivity contribution < 1.29 is 53.5 Å². The number of carboxylic acid groups (broad SMARTS) is 1. The normalized spacial score (nSPS) is 12.5. The first kappa shape index (κ1) is 36.2. The van der Waals surface area contributed by atoms with E-state index in [4.69, 9.17) is 16.0 Å². The number of nitrogens with one attached hydrogen (secondary N) is 6. The number of hydroxylamine groups is 1. The third-order valence-electron chi connectivity index (χ3n) is 5.28. The van der Waals surface area contributed by atoms with Crippen molar-refractivity contribution in [3.8, 4) is 0 Å². The van der Waals surface area contributed by atoms with Crippen LogP contribution in [0.4, 0.5) is 0 Å². The largest absolute Gasteiger partial charge is 0.481 e. The van der Waals surface area contributed by atoms with Crippen LogP contribution in [0.2, 0.25) is 0 Å². The predicted octanol–water partition coefficient (Wildman–Crippen LogP) is -5.19. The Morgan fingerprint density at radius 1 is 0.854 bits per heavy atom. The zero-order chi connectivity index (χ0) is 31.7. The molecule has 0 fully saturated rings. The fourth-order valence-corrected chi connectivity index (χ4v) is 3.10. The molecule has 8 amide bonds. The Kier molecular flexibility index (Phi) is 16.3. The summed E-state index contributed by atoms with van der Waals surface area (Å²) >= 11 is 0. The number of hydrogen-bond acceptors (Lipinski definition) is 10. The molecule has 10 N–H and O–H groups in total. The summed E-state index contributed by atoms with van der Waals surface area (Å²) in [6.07, 6.45) is -1.35. The van der Waals surface area contributed by atoms with Gasteiger partial charge in [0.15, 0.2) is 0 Å². The molecule has 0 rings (SSSR count). The fraction of sp³-hybridized carbons (Fsp3) is 0.591. The molecule has 0 radical (unpaired) electrons. The average molecular weight is 589 g/mol. The summed E-state index contributed by atoms with van der Waals surface area (Å²) < 4.78 is 0. The average Bonchev–Trinajstić information content (AvgIpc) is 2.89. The van der Waals surface area contributed by atoms with E-state index in [2.05, 4.69) is 21.3 Å². The van der Waals surface area contributed by atoms with Gasteiger partial charge in [0.25, 0.3) is 5.91 Å². The number of aliphatic carboxylic acids is 1. The van der Waals surface area contributed by atoms with E-state index in [0.29, 0.717) is 0 Å². The highest BCUT2D eigenvalue weighted by atomic mass is 16.5. The van der Waals surface area contributed by atoms with Crippen molar-refractivity contribution >= 4 is 53.7 Å². The zero-order valence-electron chi connectivity index (χ0n) is 22.7. The highest BCUT2D eigenvalue weighted by Crippen LogP contribution is 2.02. The minimum Gasteiger partial charge on any atom is -0.481 e. The highest BCUT2D eigenvalue weighted by molar-refractivity contribution is 5.95. The van der Waals surface area contributed by atoms with Crippen LogP contribution < -0.4 is 37.8 Å². The maximum Gasteiger partial charge on any atom is 0.305 e. The van der Waals surface area contributed by atoms with Crippen LogP contribution in [0, 0.1) is 0 Å². The van der Waals surface area contributed by atoms with Crippen molar-refractivity contribution in [3.05, 3.63) is 0 Å². The molecule has 0 aromatic rings. The van der Waals surface area contributed by atoms with E-state index in [-0.39, 0.29) is 19.3 Å². The summed E-state index contributed by atoms with van der Waals surface area (Å²) in [6.45, 7) is 2.75. The molecule has 0 aliphatic rings. The van der Waals surface area contributed by atoms with Crippen molar-refractivity contribution in [1.82, 2.24) is 37.0 Å². The van der Waals surface area contributed by atoms with Crippen LogP contribution >= 0.6 is 0 Å². The Morgan fingerprint density at radius 2 is 1.49 bits per heavy atom. The van der Waals surface area contributed by atoms with Gasteiger partial charge < -0.3 is 42.3 Å². The lowest BCUT2D eigenvalue weighted by Crippen LogP contribution is -2.55. The summed E-state index contributed by atoms with van der Waals surface area (Å²) in [5.41, 5.74) is 6.46. The standard InChI is InChI=1S/C22H36N8O11/c1-11(2)30(9-17(34)24-7-16(33)27-12(3)20(38)29-41)18(35)8-25-21(39)13(4-5-15(23)32)28-22(40)14(26-10-31)6-19(36)37/h10-14,41H,4-9H2,1-3H3,(H2,23,32)(H,24,34)(H,25,39)(H,26,31)(H,27,33)(H,28,40)(H,29,38)(H,36,37)/t12?,13-,14?/m0/s1. The summed E-state index contributed by atoms with van der Waals surface area (Å²) in [4.78, 5) is 107. The molecule has 0 saturated carbocycles. The van der Waals surface area contributed by atoms with Gasteiger partial charge in [0.2, 0.25) is 41.9 Å². The molecule has 0 aromatic heterocycles. The second kappa shape index (κ2) is 18.5. The molecule has 0 aliphatic carbocycles.